The number of fused-ring (bicyclic) bond motifs is 3. The lowest BCUT2D eigenvalue weighted by atomic mass is 9.68. The molecule has 0 saturated carbocycles. The van der Waals surface area contributed by atoms with E-state index in [4.69, 9.17) is 4.74 Å². The van der Waals surface area contributed by atoms with Crippen LogP contribution in [-0.2, 0) is 6.42 Å². The molecule has 0 saturated heterocycles. The van der Waals surface area contributed by atoms with E-state index in [-0.39, 0.29) is 35.1 Å². The number of allylic oxidation sites excluding steroid dienone is 2. The summed E-state index contributed by atoms with van der Waals surface area (Å²) in [4.78, 5) is 0. The van der Waals surface area contributed by atoms with Gasteiger partial charge in [-0.1, -0.05) is 31.4 Å². The van der Waals surface area contributed by atoms with Crippen molar-refractivity contribution in [2.75, 3.05) is 0 Å². The van der Waals surface area contributed by atoms with Gasteiger partial charge in [-0.05, 0) is 46.5 Å². The van der Waals surface area contributed by atoms with Crippen molar-refractivity contribution in [3.63, 3.8) is 0 Å². The molecule has 0 aromatic heterocycles. The molecule has 1 N–H and O–H groups in total. The quantitative estimate of drug-likeness (QED) is 0.532. The Labute approximate surface area is 148 Å². The Morgan fingerprint density at radius 3 is 2.64 bits per heavy atom. The Morgan fingerprint density at radius 2 is 1.96 bits per heavy atom. The highest BCUT2D eigenvalue weighted by Crippen LogP contribution is 2.55. The summed E-state index contributed by atoms with van der Waals surface area (Å²) < 4.78 is 35.9. The zero-order chi connectivity index (χ0) is 18.4. The maximum atomic E-state index is 15.1. The van der Waals surface area contributed by atoms with Gasteiger partial charge in [0.05, 0.1) is 0 Å². The molecule has 0 radical (unpaired) electrons. The lowest BCUT2D eigenvalue weighted by molar-refractivity contribution is 0.00628. The zero-order valence-electron chi connectivity index (χ0n) is 15.6. The second-order valence-electron chi connectivity index (χ2n) is 8.04. The highest BCUT2D eigenvalue weighted by Gasteiger charge is 2.47. The Morgan fingerprint density at radius 1 is 1.24 bits per heavy atom. The fraction of sp³-hybridized carbons (Fsp3) is 0.619. The standard InChI is InChI=1S/C21H28F2O2/c1-5-6-7-8-13-17(22)19(24)16-14-11-12(2)9-10-15(14)21(3,4)25-20(16)18(13)23/h11,14-15,24H,5-10H2,1-4H3/t14?,15-/m1/s1. The lowest BCUT2D eigenvalue weighted by Gasteiger charge is -2.46. The van der Waals surface area contributed by atoms with Crippen LogP contribution in [0.5, 0.6) is 11.5 Å². The van der Waals surface area contributed by atoms with Crippen LogP contribution in [0.25, 0.3) is 0 Å². The maximum absolute atomic E-state index is 15.1. The Bertz CT molecular complexity index is 707. The van der Waals surface area contributed by atoms with Crippen LogP contribution in [0.15, 0.2) is 11.6 Å². The van der Waals surface area contributed by atoms with Gasteiger partial charge in [0.25, 0.3) is 0 Å². The smallest absolute Gasteiger partial charge is 0.171 e. The molecule has 2 atom stereocenters. The van der Waals surface area contributed by atoms with E-state index in [0.717, 1.165) is 25.7 Å². The van der Waals surface area contributed by atoms with Crippen LogP contribution < -0.4 is 4.74 Å². The third-order valence-electron chi connectivity index (χ3n) is 5.81. The molecule has 0 bridgehead atoms. The number of halogens is 2. The summed E-state index contributed by atoms with van der Waals surface area (Å²) in [6, 6.07) is 0. The van der Waals surface area contributed by atoms with Gasteiger partial charge < -0.3 is 9.84 Å². The van der Waals surface area contributed by atoms with Crippen LogP contribution in [0.2, 0.25) is 0 Å². The molecule has 0 spiro atoms. The van der Waals surface area contributed by atoms with Gasteiger partial charge in [0.15, 0.2) is 23.1 Å². The average molecular weight is 350 g/mol. The minimum Gasteiger partial charge on any atom is -0.505 e. The molecular formula is C21H28F2O2. The molecule has 0 fully saturated rings. The maximum Gasteiger partial charge on any atom is 0.171 e. The van der Waals surface area contributed by atoms with Crippen molar-refractivity contribution in [3.05, 3.63) is 34.4 Å². The van der Waals surface area contributed by atoms with E-state index in [1.165, 1.54) is 5.57 Å². The number of rotatable bonds is 4. The molecule has 2 aliphatic rings. The van der Waals surface area contributed by atoms with Crippen LogP contribution in [-0.4, -0.2) is 10.7 Å². The van der Waals surface area contributed by atoms with Crippen molar-refractivity contribution < 1.29 is 18.6 Å². The normalized spacial score (nSPS) is 24.2. The first-order valence-corrected chi connectivity index (χ1v) is 9.36. The summed E-state index contributed by atoms with van der Waals surface area (Å²) >= 11 is 0. The van der Waals surface area contributed by atoms with Gasteiger partial charge in [-0.2, -0.15) is 0 Å². The molecule has 138 valence electrons. The summed E-state index contributed by atoms with van der Waals surface area (Å²) in [6.45, 7) is 7.99. The fourth-order valence-electron chi connectivity index (χ4n) is 4.37. The summed E-state index contributed by atoms with van der Waals surface area (Å²) in [7, 11) is 0. The predicted molar refractivity (Wildman–Crippen MR) is 95.2 cm³/mol. The van der Waals surface area contributed by atoms with E-state index in [9.17, 15) is 9.50 Å². The van der Waals surface area contributed by atoms with Crippen molar-refractivity contribution >= 4 is 0 Å². The molecule has 4 heteroatoms. The number of aromatic hydroxyl groups is 1. The van der Waals surface area contributed by atoms with Gasteiger partial charge >= 0.3 is 0 Å². The van der Waals surface area contributed by atoms with Crippen LogP contribution in [0.1, 0.15) is 76.8 Å². The number of hydrogen-bond acceptors (Lipinski definition) is 2. The third kappa shape index (κ3) is 3.04. The molecule has 1 aromatic rings. The second-order valence-corrected chi connectivity index (χ2v) is 8.04. The van der Waals surface area contributed by atoms with Crippen molar-refractivity contribution in [1.82, 2.24) is 0 Å². The molecule has 0 amide bonds. The summed E-state index contributed by atoms with van der Waals surface area (Å²) in [5.74, 6) is -1.95. The molecular weight excluding hydrogens is 322 g/mol. The van der Waals surface area contributed by atoms with Crippen LogP contribution >= 0.6 is 0 Å². The van der Waals surface area contributed by atoms with E-state index < -0.39 is 23.0 Å². The first kappa shape index (κ1) is 18.2. The molecule has 1 aromatic carbocycles. The van der Waals surface area contributed by atoms with E-state index in [1.54, 1.807) is 0 Å². The largest absolute Gasteiger partial charge is 0.505 e. The van der Waals surface area contributed by atoms with Crippen molar-refractivity contribution in [2.24, 2.45) is 5.92 Å². The SMILES string of the molecule is CCCCCc1c(F)c(O)c2c(c1F)OC(C)(C)[C@@H]1CCC(C)=CC21. The Kier molecular flexibility index (Phi) is 4.82. The van der Waals surface area contributed by atoms with Crippen LogP contribution in [0, 0.1) is 17.6 Å². The Hall–Kier alpha value is -1.58. The number of phenols is 1. The van der Waals surface area contributed by atoms with E-state index in [1.807, 2.05) is 33.8 Å². The number of phenolic OH excluding ortho intramolecular Hbond substituents is 1. The van der Waals surface area contributed by atoms with E-state index >= 15 is 4.39 Å². The Balaban J connectivity index is 2.14. The van der Waals surface area contributed by atoms with Crippen molar-refractivity contribution in [3.8, 4) is 11.5 Å². The predicted octanol–water partition coefficient (Wildman–Crippen LogP) is 6.01. The van der Waals surface area contributed by atoms with E-state index in [0.29, 0.717) is 6.42 Å². The monoisotopic (exact) mass is 350 g/mol. The summed E-state index contributed by atoms with van der Waals surface area (Å²) in [6.07, 6.45) is 6.72. The van der Waals surface area contributed by atoms with Gasteiger partial charge in [0.1, 0.15) is 5.60 Å². The molecule has 1 heterocycles. The second kappa shape index (κ2) is 6.62. The molecule has 1 aliphatic heterocycles. The van der Waals surface area contributed by atoms with Gasteiger partial charge in [-0.15, -0.1) is 0 Å². The molecule has 2 nitrogen and oxygen atoms in total. The minimum atomic E-state index is -0.814. The highest BCUT2D eigenvalue weighted by atomic mass is 19.1. The van der Waals surface area contributed by atoms with Crippen LogP contribution in [0.4, 0.5) is 8.78 Å². The third-order valence-corrected chi connectivity index (χ3v) is 5.81. The van der Waals surface area contributed by atoms with Gasteiger partial charge in [0.2, 0.25) is 0 Å². The highest BCUT2D eigenvalue weighted by molar-refractivity contribution is 5.55. The molecule has 3 rings (SSSR count). The fourth-order valence-corrected chi connectivity index (χ4v) is 4.37. The number of ether oxygens (including phenoxy) is 1. The van der Waals surface area contributed by atoms with Gasteiger partial charge in [0, 0.05) is 23.0 Å². The van der Waals surface area contributed by atoms with Gasteiger partial charge in [-0.3, -0.25) is 0 Å². The molecule has 25 heavy (non-hydrogen) atoms. The van der Waals surface area contributed by atoms with Gasteiger partial charge in [-0.25, -0.2) is 8.78 Å². The number of hydrogen-bond donors (Lipinski definition) is 1. The van der Waals surface area contributed by atoms with Crippen molar-refractivity contribution in [2.45, 2.75) is 77.7 Å². The average Bonchev–Trinajstić information content (AvgIpc) is 2.55. The summed E-state index contributed by atoms with van der Waals surface area (Å²) in [5.41, 5.74) is 0.880. The lowest BCUT2D eigenvalue weighted by Crippen LogP contribution is -2.45. The number of benzene rings is 1. The topological polar surface area (TPSA) is 29.5 Å². The van der Waals surface area contributed by atoms with E-state index in [2.05, 4.69) is 0 Å². The summed E-state index contributed by atoms with van der Waals surface area (Å²) in [5, 5.41) is 10.5. The zero-order valence-corrected chi connectivity index (χ0v) is 15.6. The molecule has 1 aliphatic carbocycles. The molecule has 1 unspecified atom stereocenters. The number of unbranched alkanes of at least 4 members (excludes halogenated alkanes) is 2. The first-order chi connectivity index (χ1) is 11.8. The van der Waals surface area contributed by atoms with Crippen molar-refractivity contribution in [1.29, 1.82) is 0 Å². The van der Waals surface area contributed by atoms with Crippen LogP contribution in [0.3, 0.4) is 0 Å². The first-order valence-electron chi connectivity index (χ1n) is 9.36. The minimum absolute atomic E-state index is 0.0441.